The number of hydrogen-bond acceptors (Lipinski definition) is 3. The Kier molecular flexibility index (Phi) is 6.50. The second kappa shape index (κ2) is 7.64. The molecule has 0 aliphatic carbocycles. The summed E-state index contributed by atoms with van der Waals surface area (Å²) in [6, 6.07) is 4.35. The third-order valence-electron chi connectivity index (χ3n) is 3.09. The minimum Gasteiger partial charge on any atom is -0.495 e. The van der Waals surface area contributed by atoms with E-state index >= 15 is 0 Å². The number of ether oxygens (including phenoxy) is 2. The number of nitrogens with one attached hydrogen (secondary N) is 1. The number of unbranched alkanes of at least 4 members (excludes halogenated alkanes) is 1. The van der Waals surface area contributed by atoms with E-state index in [1.165, 1.54) is 18.4 Å². The van der Waals surface area contributed by atoms with E-state index in [0.717, 1.165) is 22.4 Å². The average molecular weight is 316 g/mol. The van der Waals surface area contributed by atoms with E-state index in [1.807, 2.05) is 13.1 Å². The first-order valence-corrected chi connectivity index (χ1v) is 7.06. The highest BCUT2D eigenvalue weighted by Crippen LogP contribution is 2.40. The zero-order valence-corrected chi connectivity index (χ0v) is 13.1. The molecular formula is C14H22BrNO2. The van der Waals surface area contributed by atoms with Crippen molar-refractivity contribution in [3.63, 3.8) is 0 Å². The molecule has 0 amide bonds. The minimum atomic E-state index is 0.308. The van der Waals surface area contributed by atoms with E-state index in [-0.39, 0.29) is 0 Å². The molecule has 0 spiro atoms. The molecule has 0 radical (unpaired) electrons. The van der Waals surface area contributed by atoms with Crippen LogP contribution in [0.1, 0.15) is 37.8 Å². The normalized spacial score (nSPS) is 12.3. The third-order valence-corrected chi connectivity index (χ3v) is 3.84. The molecule has 4 heteroatoms. The Morgan fingerprint density at radius 2 is 2.00 bits per heavy atom. The van der Waals surface area contributed by atoms with Crippen molar-refractivity contribution in [2.24, 2.45) is 0 Å². The van der Waals surface area contributed by atoms with Crippen LogP contribution in [-0.2, 0) is 0 Å². The Labute approximate surface area is 118 Å². The second-order valence-corrected chi connectivity index (χ2v) is 4.98. The fourth-order valence-electron chi connectivity index (χ4n) is 2.06. The predicted molar refractivity (Wildman–Crippen MR) is 78.6 cm³/mol. The van der Waals surface area contributed by atoms with Crippen LogP contribution in [0.2, 0.25) is 0 Å². The van der Waals surface area contributed by atoms with E-state index in [4.69, 9.17) is 9.47 Å². The molecule has 0 aliphatic heterocycles. The number of benzene rings is 1. The van der Waals surface area contributed by atoms with Crippen molar-refractivity contribution >= 4 is 15.9 Å². The van der Waals surface area contributed by atoms with Gasteiger partial charge in [-0.05, 0) is 41.5 Å². The van der Waals surface area contributed by atoms with Gasteiger partial charge in [-0.25, -0.2) is 0 Å². The highest BCUT2D eigenvalue weighted by atomic mass is 79.9. The molecule has 0 bridgehead atoms. The zero-order valence-electron chi connectivity index (χ0n) is 11.5. The topological polar surface area (TPSA) is 30.5 Å². The molecule has 0 fully saturated rings. The van der Waals surface area contributed by atoms with E-state index in [0.29, 0.717) is 6.04 Å². The van der Waals surface area contributed by atoms with E-state index in [9.17, 15) is 0 Å². The molecular weight excluding hydrogens is 294 g/mol. The first kappa shape index (κ1) is 15.3. The lowest BCUT2D eigenvalue weighted by Crippen LogP contribution is -2.17. The van der Waals surface area contributed by atoms with E-state index in [2.05, 4.69) is 34.2 Å². The number of halogens is 1. The molecule has 0 heterocycles. The number of hydrogen-bond donors (Lipinski definition) is 1. The summed E-state index contributed by atoms with van der Waals surface area (Å²) < 4.78 is 11.7. The van der Waals surface area contributed by atoms with Gasteiger partial charge in [-0.2, -0.15) is 0 Å². The molecule has 0 aliphatic rings. The summed E-state index contributed by atoms with van der Waals surface area (Å²) in [5.41, 5.74) is 1.17. The minimum absolute atomic E-state index is 0.308. The van der Waals surface area contributed by atoms with Crippen LogP contribution in [0.5, 0.6) is 11.5 Å². The van der Waals surface area contributed by atoms with Crippen molar-refractivity contribution in [2.75, 3.05) is 21.3 Å². The molecule has 1 rings (SSSR count). The van der Waals surface area contributed by atoms with E-state index < -0.39 is 0 Å². The van der Waals surface area contributed by atoms with Gasteiger partial charge in [0.15, 0.2) is 0 Å². The van der Waals surface area contributed by atoms with Crippen LogP contribution in [0.25, 0.3) is 0 Å². The van der Waals surface area contributed by atoms with Gasteiger partial charge in [0.05, 0.1) is 14.2 Å². The van der Waals surface area contributed by atoms with Crippen LogP contribution in [0.4, 0.5) is 0 Å². The fourth-order valence-corrected chi connectivity index (χ4v) is 2.74. The summed E-state index contributed by atoms with van der Waals surface area (Å²) in [4.78, 5) is 0. The lowest BCUT2D eigenvalue weighted by Gasteiger charge is -2.21. The SMILES string of the molecule is CCCCC(NC)c1ccc(OC)c(Br)c1OC. The van der Waals surface area contributed by atoms with E-state index in [1.54, 1.807) is 14.2 Å². The maximum Gasteiger partial charge on any atom is 0.141 e. The molecule has 0 saturated carbocycles. The Bertz CT molecular complexity index is 382. The molecule has 1 aromatic rings. The lowest BCUT2D eigenvalue weighted by atomic mass is 10.00. The lowest BCUT2D eigenvalue weighted by molar-refractivity contribution is 0.378. The molecule has 1 atom stereocenters. The predicted octanol–water partition coefficient (Wildman–Crippen LogP) is 3.92. The van der Waals surface area contributed by atoms with Crippen molar-refractivity contribution in [2.45, 2.75) is 32.2 Å². The highest BCUT2D eigenvalue weighted by Gasteiger charge is 2.18. The monoisotopic (exact) mass is 315 g/mol. The van der Waals surface area contributed by atoms with Crippen LogP contribution in [-0.4, -0.2) is 21.3 Å². The van der Waals surface area contributed by atoms with Crippen molar-refractivity contribution in [3.05, 3.63) is 22.2 Å². The summed E-state index contributed by atoms with van der Waals surface area (Å²) in [7, 11) is 5.33. The maximum absolute atomic E-state index is 5.51. The van der Waals surface area contributed by atoms with Crippen molar-refractivity contribution in [3.8, 4) is 11.5 Å². The van der Waals surface area contributed by atoms with Crippen molar-refractivity contribution in [1.82, 2.24) is 5.32 Å². The summed E-state index contributed by atoms with van der Waals surface area (Å²) in [5.74, 6) is 1.64. The summed E-state index contributed by atoms with van der Waals surface area (Å²) in [6.45, 7) is 2.20. The molecule has 102 valence electrons. The van der Waals surface area contributed by atoms with Crippen LogP contribution < -0.4 is 14.8 Å². The number of methoxy groups -OCH3 is 2. The first-order valence-electron chi connectivity index (χ1n) is 6.27. The summed E-state index contributed by atoms with van der Waals surface area (Å²) >= 11 is 3.54. The van der Waals surface area contributed by atoms with Gasteiger partial charge >= 0.3 is 0 Å². The smallest absolute Gasteiger partial charge is 0.141 e. The fraction of sp³-hybridized carbons (Fsp3) is 0.571. The van der Waals surface area contributed by atoms with Crippen molar-refractivity contribution < 1.29 is 9.47 Å². The molecule has 0 aromatic heterocycles. The Morgan fingerprint density at radius 3 is 2.50 bits per heavy atom. The third kappa shape index (κ3) is 3.39. The van der Waals surface area contributed by atoms with Crippen LogP contribution in [0.3, 0.4) is 0 Å². The maximum atomic E-state index is 5.51. The van der Waals surface area contributed by atoms with Gasteiger partial charge in [-0.3, -0.25) is 0 Å². The van der Waals surface area contributed by atoms with Gasteiger partial charge < -0.3 is 14.8 Å². The van der Waals surface area contributed by atoms with Crippen LogP contribution >= 0.6 is 15.9 Å². The Morgan fingerprint density at radius 1 is 1.28 bits per heavy atom. The van der Waals surface area contributed by atoms with Gasteiger partial charge in [0.1, 0.15) is 16.0 Å². The molecule has 1 unspecified atom stereocenters. The largest absolute Gasteiger partial charge is 0.495 e. The standard InChI is InChI=1S/C14H22BrNO2/c1-5-6-7-11(16-2)10-8-9-12(17-3)13(15)14(10)18-4/h8-9,11,16H,5-7H2,1-4H3. The molecule has 3 nitrogen and oxygen atoms in total. The van der Waals surface area contributed by atoms with Crippen molar-refractivity contribution in [1.29, 1.82) is 0 Å². The summed E-state index contributed by atoms with van der Waals surface area (Å²) in [6.07, 6.45) is 3.48. The molecule has 1 aromatic carbocycles. The molecule has 1 N–H and O–H groups in total. The molecule has 0 saturated heterocycles. The van der Waals surface area contributed by atoms with Gasteiger partial charge in [-0.15, -0.1) is 0 Å². The van der Waals surface area contributed by atoms with Gasteiger partial charge in [0, 0.05) is 11.6 Å². The van der Waals surface area contributed by atoms with Gasteiger partial charge in [0.2, 0.25) is 0 Å². The summed E-state index contributed by atoms with van der Waals surface area (Å²) in [5, 5.41) is 3.35. The first-order chi connectivity index (χ1) is 8.69. The van der Waals surface area contributed by atoms with Gasteiger partial charge in [0.25, 0.3) is 0 Å². The second-order valence-electron chi connectivity index (χ2n) is 4.19. The average Bonchev–Trinajstić information content (AvgIpc) is 2.40. The quantitative estimate of drug-likeness (QED) is 0.827. The highest BCUT2D eigenvalue weighted by molar-refractivity contribution is 9.10. The Balaban J connectivity index is 3.10. The van der Waals surface area contributed by atoms with Crippen LogP contribution in [0.15, 0.2) is 16.6 Å². The number of rotatable bonds is 7. The van der Waals surface area contributed by atoms with Crippen LogP contribution in [0, 0.1) is 0 Å². The Hall–Kier alpha value is -0.740. The molecule has 18 heavy (non-hydrogen) atoms. The van der Waals surface area contributed by atoms with Gasteiger partial charge in [-0.1, -0.05) is 19.8 Å². The zero-order chi connectivity index (χ0) is 13.5.